The van der Waals surface area contributed by atoms with E-state index >= 15 is 0 Å². The molecule has 0 spiro atoms. The zero-order valence-corrected chi connectivity index (χ0v) is 19.4. The lowest BCUT2D eigenvalue weighted by Gasteiger charge is -2.50. The molecular formula is C24H45N3O3. The van der Waals surface area contributed by atoms with Gasteiger partial charge < -0.3 is 20.1 Å². The molecule has 2 saturated carbocycles. The largest absolute Gasteiger partial charge is 0.381 e. The summed E-state index contributed by atoms with van der Waals surface area (Å²) >= 11 is 0. The number of urea groups is 1. The average molecular weight is 424 g/mol. The molecule has 1 aliphatic heterocycles. The molecule has 6 nitrogen and oxygen atoms in total. The standard InChI is InChI=1S/C24H45N3O3/c1-20-15-22-16-21(2)18-24(17-20,19-22)26-23(28)25-7-4-3-5-11-29-12-6-8-27-9-13-30-14-10-27/h20-22H,3-19H2,1-2H3,(H2,25,26,28). The lowest BCUT2D eigenvalue weighted by molar-refractivity contribution is 0.0318. The highest BCUT2D eigenvalue weighted by atomic mass is 16.5. The van der Waals surface area contributed by atoms with E-state index in [1.165, 1.54) is 19.3 Å². The van der Waals surface area contributed by atoms with Crippen LogP contribution in [-0.2, 0) is 9.47 Å². The van der Waals surface area contributed by atoms with Crippen LogP contribution in [0.3, 0.4) is 0 Å². The molecule has 2 N–H and O–H groups in total. The molecule has 0 radical (unpaired) electrons. The monoisotopic (exact) mass is 423 g/mol. The van der Waals surface area contributed by atoms with Crippen molar-refractivity contribution in [2.75, 3.05) is 52.6 Å². The van der Waals surface area contributed by atoms with E-state index in [-0.39, 0.29) is 11.6 Å². The third kappa shape index (κ3) is 8.01. The molecule has 1 saturated heterocycles. The van der Waals surface area contributed by atoms with Gasteiger partial charge in [0, 0.05) is 44.9 Å². The SMILES string of the molecule is CC1CC2CC(C)CC(NC(=O)NCCCCCOCCCN3CCOCC3)(C1)C2. The van der Waals surface area contributed by atoms with Crippen LogP contribution >= 0.6 is 0 Å². The number of carbonyl (C=O) groups is 1. The van der Waals surface area contributed by atoms with Crippen molar-refractivity contribution in [2.45, 2.75) is 77.2 Å². The summed E-state index contributed by atoms with van der Waals surface area (Å²) in [5.74, 6) is 2.25. The maximum Gasteiger partial charge on any atom is 0.315 e. The summed E-state index contributed by atoms with van der Waals surface area (Å²) < 4.78 is 11.1. The normalized spacial score (nSPS) is 32.0. The second kappa shape index (κ2) is 12.3. The molecule has 2 amide bonds. The fraction of sp³-hybridized carbons (Fsp3) is 0.958. The highest BCUT2D eigenvalue weighted by molar-refractivity contribution is 5.74. The van der Waals surface area contributed by atoms with Crippen LogP contribution in [0.15, 0.2) is 0 Å². The molecule has 2 atom stereocenters. The molecule has 2 unspecified atom stereocenters. The number of hydrogen-bond donors (Lipinski definition) is 2. The summed E-state index contributed by atoms with van der Waals surface area (Å²) in [5, 5.41) is 6.49. The Morgan fingerprint density at radius 1 is 1.00 bits per heavy atom. The molecule has 30 heavy (non-hydrogen) atoms. The number of carbonyl (C=O) groups excluding carboxylic acids is 1. The van der Waals surface area contributed by atoms with Crippen LogP contribution < -0.4 is 10.6 Å². The molecular weight excluding hydrogens is 378 g/mol. The number of fused-ring (bicyclic) bond motifs is 2. The molecule has 174 valence electrons. The third-order valence-corrected chi connectivity index (χ3v) is 7.13. The molecule has 0 aromatic rings. The summed E-state index contributed by atoms with van der Waals surface area (Å²) in [5.41, 5.74) is 0.0408. The van der Waals surface area contributed by atoms with Crippen molar-refractivity contribution in [3.05, 3.63) is 0 Å². The third-order valence-electron chi connectivity index (χ3n) is 7.13. The van der Waals surface area contributed by atoms with Gasteiger partial charge in [-0.3, -0.25) is 4.90 Å². The van der Waals surface area contributed by atoms with Crippen LogP contribution in [0.5, 0.6) is 0 Å². The number of nitrogens with zero attached hydrogens (tertiary/aromatic N) is 1. The number of rotatable bonds is 11. The van der Waals surface area contributed by atoms with Gasteiger partial charge >= 0.3 is 6.03 Å². The van der Waals surface area contributed by atoms with Gasteiger partial charge in [-0.05, 0) is 75.5 Å². The van der Waals surface area contributed by atoms with Crippen LogP contribution in [-0.4, -0.2) is 69.1 Å². The number of nitrogens with one attached hydrogen (secondary N) is 2. The minimum Gasteiger partial charge on any atom is -0.381 e. The Balaban J connectivity index is 1.17. The Bertz CT molecular complexity index is 490. The van der Waals surface area contributed by atoms with E-state index in [0.29, 0.717) is 0 Å². The van der Waals surface area contributed by atoms with Crippen LogP contribution in [0.4, 0.5) is 4.79 Å². The van der Waals surface area contributed by atoms with Gasteiger partial charge in [0.2, 0.25) is 0 Å². The molecule has 3 fully saturated rings. The van der Waals surface area contributed by atoms with Crippen molar-refractivity contribution >= 4 is 6.03 Å². The number of amides is 2. The van der Waals surface area contributed by atoms with E-state index in [2.05, 4.69) is 29.4 Å². The van der Waals surface area contributed by atoms with Crippen LogP contribution in [0.1, 0.15) is 71.6 Å². The van der Waals surface area contributed by atoms with E-state index in [1.807, 2.05) is 0 Å². The minimum absolute atomic E-state index is 0.0383. The van der Waals surface area contributed by atoms with Crippen molar-refractivity contribution in [1.29, 1.82) is 0 Å². The van der Waals surface area contributed by atoms with E-state index in [0.717, 1.165) is 109 Å². The van der Waals surface area contributed by atoms with E-state index in [1.54, 1.807) is 0 Å². The maximum absolute atomic E-state index is 12.5. The van der Waals surface area contributed by atoms with Gasteiger partial charge in [0.15, 0.2) is 0 Å². The van der Waals surface area contributed by atoms with Crippen molar-refractivity contribution in [3.8, 4) is 0 Å². The van der Waals surface area contributed by atoms with Gasteiger partial charge in [-0.25, -0.2) is 4.79 Å². The van der Waals surface area contributed by atoms with E-state index in [9.17, 15) is 4.79 Å². The van der Waals surface area contributed by atoms with Gasteiger partial charge in [0.25, 0.3) is 0 Å². The quantitative estimate of drug-likeness (QED) is 0.496. The fourth-order valence-electron chi connectivity index (χ4n) is 6.17. The average Bonchev–Trinajstić information content (AvgIpc) is 2.68. The number of ether oxygens (including phenoxy) is 2. The van der Waals surface area contributed by atoms with Crippen molar-refractivity contribution < 1.29 is 14.3 Å². The molecule has 2 bridgehead atoms. The molecule has 1 heterocycles. The second-order valence-corrected chi connectivity index (χ2v) is 10.3. The Hall–Kier alpha value is -0.850. The molecule has 2 aliphatic carbocycles. The predicted octanol–water partition coefficient (Wildman–Crippen LogP) is 3.80. The van der Waals surface area contributed by atoms with Gasteiger partial charge in [-0.15, -0.1) is 0 Å². The maximum atomic E-state index is 12.5. The summed E-state index contributed by atoms with van der Waals surface area (Å²) in [7, 11) is 0. The predicted molar refractivity (Wildman–Crippen MR) is 121 cm³/mol. The summed E-state index contributed by atoms with van der Waals surface area (Å²) in [4.78, 5) is 14.9. The smallest absolute Gasteiger partial charge is 0.315 e. The number of morpholine rings is 1. The minimum atomic E-state index is 0.0383. The van der Waals surface area contributed by atoms with Crippen molar-refractivity contribution in [3.63, 3.8) is 0 Å². The lowest BCUT2D eigenvalue weighted by atomic mass is 9.61. The first kappa shape index (κ1) is 23.8. The highest BCUT2D eigenvalue weighted by Gasteiger charge is 2.45. The Kier molecular flexibility index (Phi) is 9.72. The zero-order valence-electron chi connectivity index (χ0n) is 19.4. The highest BCUT2D eigenvalue weighted by Crippen LogP contribution is 2.47. The Labute approximate surface area is 183 Å². The summed E-state index contributed by atoms with van der Waals surface area (Å²) in [6.45, 7) is 12.1. The van der Waals surface area contributed by atoms with Crippen LogP contribution in [0.25, 0.3) is 0 Å². The van der Waals surface area contributed by atoms with Gasteiger partial charge in [0.05, 0.1) is 13.2 Å². The first-order valence-electron chi connectivity index (χ1n) is 12.5. The van der Waals surface area contributed by atoms with Gasteiger partial charge in [0.1, 0.15) is 0 Å². The van der Waals surface area contributed by atoms with E-state index in [4.69, 9.17) is 9.47 Å². The Morgan fingerprint density at radius 3 is 2.43 bits per heavy atom. The van der Waals surface area contributed by atoms with Gasteiger partial charge in [-0.1, -0.05) is 13.8 Å². The second-order valence-electron chi connectivity index (χ2n) is 10.3. The van der Waals surface area contributed by atoms with Crippen molar-refractivity contribution in [1.82, 2.24) is 15.5 Å². The lowest BCUT2D eigenvalue weighted by Crippen LogP contribution is -2.58. The summed E-state index contributed by atoms with van der Waals surface area (Å²) in [6.07, 6.45) is 10.4. The molecule has 0 aromatic carbocycles. The van der Waals surface area contributed by atoms with Crippen LogP contribution in [0, 0.1) is 17.8 Å². The van der Waals surface area contributed by atoms with Crippen molar-refractivity contribution in [2.24, 2.45) is 17.8 Å². The van der Waals surface area contributed by atoms with E-state index < -0.39 is 0 Å². The number of hydrogen-bond acceptors (Lipinski definition) is 4. The molecule has 3 aliphatic rings. The van der Waals surface area contributed by atoms with Gasteiger partial charge in [-0.2, -0.15) is 0 Å². The topological polar surface area (TPSA) is 62.8 Å². The molecule has 6 heteroatoms. The van der Waals surface area contributed by atoms with Crippen LogP contribution in [0.2, 0.25) is 0 Å². The fourth-order valence-corrected chi connectivity index (χ4v) is 6.17. The summed E-state index contributed by atoms with van der Waals surface area (Å²) in [6, 6.07) is 0.0383. The first-order chi connectivity index (χ1) is 14.5. The molecule has 0 aromatic heterocycles. The first-order valence-corrected chi connectivity index (χ1v) is 12.5. The number of unbranched alkanes of at least 4 members (excludes halogenated alkanes) is 2. The Morgan fingerprint density at radius 2 is 1.70 bits per heavy atom. The molecule has 3 rings (SSSR count). The zero-order chi connectivity index (χ0) is 21.2.